The molecule has 0 heterocycles. The molecule has 0 radical (unpaired) electrons. The monoisotopic (exact) mass is 284 g/mol. The molecule has 0 aliphatic heterocycles. The van der Waals surface area contributed by atoms with Gasteiger partial charge in [-0.25, -0.2) is 0 Å². The van der Waals surface area contributed by atoms with Gasteiger partial charge in [0.1, 0.15) is 6.04 Å². The van der Waals surface area contributed by atoms with Gasteiger partial charge >= 0.3 is 0 Å². The van der Waals surface area contributed by atoms with E-state index in [0.717, 1.165) is 25.7 Å². The van der Waals surface area contributed by atoms with Gasteiger partial charge in [0.25, 0.3) is 0 Å². The number of carbonyl (C=O) groups excluding carboxylic acids is 2. The highest BCUT2D eigenvalue weighted by Gasteiger charge is 2.31. The molecule has 1 fully saturated rings. The zero-order valence-corrected chi connectivity index (χ0v) is 12.8. The number of hydrogen-bond acceptors (Lipinski definition) is 3. The van der Waals surface area contributed by atoms with Crippen LogP contribution in [0.25, 0.3) is 0 Å². The highest BCUT2D eigenvalue weighted by atomic mass is 16.3. The Hall–Kier alpha value is -1.10. The molecule has 116 valence electrons. The predicted octanol–water partition coefficient (Wildman–Crippen LogP) is 1.20. The normalized spacial score (nSPS) is 18.9. The lowest BCUT2D eigenvalue weighted by Gasteiger charge is -2.23. The number of hydrogen-bond donors (Lipinski definition) is 3. The van der Waals surface area contributed by atoms with Gasteiger partial charge in [-0.15, -0.1) is 0 Å². The molecule has 0 aromatic carbocycles. The molecule has 5 heteroatoms. The number of rotatable bonds is 7. The molecular formula is C15H28N2O3. The Labute approximate surface area is 121 Å². The molecule has 0 bridgehead atoms. The number of aliphatic hydroxyl groups is 1. The van der Waals surface area contributed by atoms with Crippen LogP contribution >= 0.6 is 0 Å². The first-order valence-corrected chi connectivity index (χ1v) is 7.64. The van der Waals surface area contributed by atoms with E-state index in [1.54, 1.807) is 0 Å². The van der Waals surface area contributed by atoms with E-state index in [0.29, 0.717) is 13.0 Å². The predicted molar refractivity (Wildman–Crippen MR) is 78.0 cm³/mol. The van der Waals surface area contributed by atoms with E-state index < -0.39 is 12.1 Å². The summed E-state index contributed by atoms with van der Waals surface area (Å²) in [5.41, 5.74) is 0. The molecule has 0 aromatic heterocycles. The van der Waals surface area contributed by atoms with Crippen LogP contribution in [0.5, 0.6) is 0 Å². The van der Waals surface area contributed by atoms with Crippen molar-refractivity contribution >= 4 is 11.8 Å². The maximum Gasteiger partial charge on any atom is 0.242 e. The minimum Gasteiger partial charge on any atom is -0.393 e. The average molecular weight is 284 g/mol. The van der Waals surface area contributed by atoms with Gasteiger partial charge in [0.05, 0.1) is 6.10 Å². The van der Waals surface area contributed by atoms with Crippen LogP contribution < -0.4 is 10.6 Å². The van der Waals surface area contributed by atoms with Crippen LogP contribution in [-0.4, -0.2) is 35.6 Å². The Morgan fingerprint density at radius 1 is 1.25 bits per heavy atom. The second kappa shape index (κ2) is 8.25. The van der Waals surface area contributed by atoms with Gasteiger partial charge in [0, 0.05) is 13.5 Å². The number of aliphatic hydroxyl groups excluding tert-OH is 1. The molecule has 1 aliphatic carbocycles. The Balaban J connectivity index is 2.44. The lowest BCUT2D eigenvalue weighted by atomic mass is 9.97. The molecule has 5 nitrogen and oxygen atoms in total. The molecule has 20 heavy (non-hydrogen) atoms. The van der Waals surface area contributed by atoms with Gasteiger partial charge in [-0.2, -0.15) is 0 Å². The molecule has 2 unspecified atom stereocenters. The first kappa shape index (κ1) is 17.0. The second-order valence-corrected chi connectivity index (χ2v) is 6.11. The Kier molecular flexibility index (Phi) is 6.99. The van der Waals surface area contributed by atoms with Gasteiger partial charge in [-0.05, 0) is 31.1 Å². The van der Waals surface area contributed by atoms with Crippen LogP contribution in [0.3, 0.4) is 0 Å². The maximum absolute atomic E-state index is 12.2. The fourth-order valence-corrected chi connectivity index (χ4v) is 2.69. The summed E-state index contributed by atoms with van der Waals surface area (Å²) in [5.74, 6) is 0.143. The third-order valence-electron chi connectivity index (χ3n) is 4.02. The van der Waals surface area contributed by atoms with E-state index in [4.69, 9.17) is 0 Å². The van der Waals surface area contributed by atoms with Gasteiger partial charge in [0.2, 0.25) is 11.8 Å². The largest absolute Gasteiger partial charge is 0.393 e. The first-order chi connectivity index (χ1) is 9.41. The van der Waals surface area contributed by atoms with Crippen molar-refractivity contribution in [3.63, 3.8) is 0 Å². The standard InChI is InChI=1S/C15H28N2O3/c1-10(2)13(19)8-9-16-15(20)14(17-11(3)18)12-6-4-5-7-12/h10,12-14,19H,4-9H2,1-3H3,(H,16,20)(H,17,18). The lowest BCUT2D eigenvalue weighted by Crippen LogP contribution is -2.50. The van der Waals surface area contributed by atoms with E-state index in [1.807, 2.05) is 13.8 Å². The quantitative estimate of drug-likeness (QED) is 0.657. The summed E-state index contributed by atoms with van der Waals surface area (Å²) in [6, 6.07) is -0.425. The van der Waals surface area contributed by atoms with Gasteiger partial charge < -0.3 is 15.7 Å². The zero-order chi connectivity index (χ0) is 15.1. The SMILES string of the molecule is CC(=O)NC(C(=O)NCCC(O)C(C)C)C1CCCC1. The van der Waals surface area contributed by atoms with Crippen molar-refractivity contribution in [2.75, 3.05) is 6.54 Å². The molecule has 1 rings (SSSR count). The Bertz CT molecular complexity index is 325. The fraction of sp³-hybridized carbons (Fsp3) is 0.867. The second-order valence-electron chi connectivity index (χ2n) is 6.11. The van der Waals surface area contributed by atoms with Crippen LogP contribution in [0.2, 0.25) is 0 Å². The van der Waals surface area contributed by atoms with Crippen molar-refractivity contribution in [2.24, 2.45) is 11.8 Å². The summed E-state index contributed by atoms with van der Waals surface area (Å²) in [5, 5.41) is 15.3. The highest BCUT2D eigenvalue weighted by molar-refractivity contribution is 5.87. The summed E-state index contributed by atoms with van der Waals surface area (Å²) in [6.45, 7) is 5.79. The lowest BCUT2D eigenvalue weighted by molar-refractivity contribution is -0.129. The summed E-state index contributed by atoms with van der Waals surface area (Å²) in [6.07, 6.45) is 4.38. The number of carbonyl (C=O) groups is 2. The molecule has 3 N–H and O–H groups in total. The van der Waals surface area contributed by atoms with E-state index in [1.165, 1.54) is 6.92 Å². The highest BCUT2D eigenvalue weighted by Crippen LogP contribution is 2.27. The fourth-order valence-electron chi connectivity index (χ4n) is 2.69. The van der Waals surface area contributed by atoms with Gasteiger partial charge in [-0.3, -0.25) is 9.59 Å². The van der Waals surface area contributed by atoms with E-state index in [9.17, 15) is 14.7 Å². The van der Waals surface area contributed by atoms with Crippen molar-refractivity contribution in [1.29, 1.82) is 0 Å². The topological polar surface area (TPSA) is 78.4 Å². The minimum atomic E-state index is -0.425. The van der Waals surface area contributed by atoms with E-state index >= 15 is 0 Å². The number of nitrogens with one attached hydrogen (secondary N) is 2. The van der Waals surface area contributed by atoms with Crippen LogP contribution in [0.1, 0.15) is 52.9 Å². The summed E-state index contributed by atoms with van der Waals surface area (Å²) >= 11 is 0. The maximum atomic E-state index is 12.2. The smallest absolute Gasteiger partial charge is 0.242 e. The third kappa shape index (κ3) is 5.49. The van der Waals surface area contributed by atoms with E-state index in [2.05, 4.69) is 10.6 Å². The van der Waals surface area contributed by atoms with Crippen molar-refractivity contribution in [3.8, 4) is 0 Å². The molecule has 2 atom stereocenters. The molecule has 0 aromatic rings. The van der Waals surface area contributed by atoms with Gasteiger partial charge in [0.15, 0.2) is 0 Å². The minimum absolute atomic E-state index is 0.122. The van der Waals surface area contributed by atoms with Gasteiger partial charge in [-0.1, -0.05) is 26.7 Å². The summed E-state index contributed by atoms with van der Waals surface area (Å²) in [4.78, 5) is 23.5. The first-order valence-electron chi connectivity index (χ1n) is 7.64. The average Bonchev–Trinajstić information content (AvgIpc) is 2.88. The van der Waals surface area contributed by atoms with Crippen molar-refractivity contribution in [1.82, 2.24) is 10.6 Å². The Morgan fingerprint density at radius 2 is 1.85 bits per heavy atom. The van der Waals surface area contributed by atoms with Crippen molar-refractivity contribution < 1.29 is 14.7 Å². The Morgan fingerprint density at radius 3 is 2.35 bits per heavy atom. The molecule has 0 saturated heterocycles. The van der Waals surface area contributed by atoms with Crippen LogP contribution in [-0.2, 0) is 9.59 Å². The molecule has 0 spiro atoms. The van der Waals surface area contributed by atoms with Crippen LogP contribution in [0.4, 0.5) is 0 Å². The van der Waals surface area contributed by atoms with E-state index in [-0.39, 0.29) is 23.7 Å². The van der Waals surface area contributed by atoms with Crippen molar-refractivity contribution in [2.45, 2.75) is 65.0 Å². The molecule has 2 amide bonds. The summed E-state index contributed by atoms with van der Waals surface area (Å²) in [7, 11) is 0. The van der Waals surface area contributed by atoms with Crippen LogP contribution in [0.15, 0.2) is 0 Å². The molecule has 1 saturated carbocycles. The number of amides is 2. The zero-order valence-electron chi connectivity index (χ0n) is 12.8. The third-order valence-corrected chi connectivity index (χ3v) is 4.02. The summed E-state index contributed by atoms with van der Waals surface area (Å²) < 4.78 is 0. The van der Waals surface area contributed by atoms with Crippen molar-refractivity contribution in [3.05, 3.63) is 0 Å². The van der Waals surface area contributed by atoms with Crippen LogP contribution in [0, 0.1) is 11.8 Å². The molecule has 1 aliphatic rings. The molecular weight excluding hydrogens is 256 g/mol.